The molecular formula is C27H20Cl2N6O4S4. The predicted octanol–water partition coefficient (Wildman–Crippen LogP) is 6.73. The second-order valence-electron chi connectivity index (χ2n) is 8.77. The van der Waals surface area contributed by atoms with Crippen molar-refractivity contribution in [2.45, 2.75) is 33.4 Å². The molecular weight excluding hydrogens is 672 g/mol. The third-order valence-corrected chi connectivity index (χ3v) is 10.6. The van der Waals surface area contributed by atoms with E-state index in [0.717, 1.165) is 0 Å². The quantitative estimate of drug-likeness (QED) is 0.152. The highest BCUT2D eigenvalue weighted by atomic mass is 35.5. The van der Waals surface area contributed by atoms with Crippen LogP contribution in [0.25, 0.3) is 5.82 Å². The predicted molar refractivity (Wildman–Crippen MR) is 169 cm³/mol. The van der Waals surface area contributed by atoms with E-state index in [1.165, 1.54) is 65.8 Å². The summed E-state index contributed by atoms with van der Waals surface area (Å²) in [5, 5.41) is 9.61. The number of halogens is 2. The Morgan fingerprint density at radius 1 is 0.791 bits per heavy atom. The normalized spacial score (nSPS) is 11.3. The molecule has 0 bridgehead atoms. The van der Waals surface area contributed by atoms with Gasteiger partial charge in [0.15, 0.2) is 5.82 Å². The van der Waals surface area contributed by atoms with E-state index in [-0.39, 0.29) is 19.6 Å². The number of aryl methyl sites for hydroxylation is 2. The number of benzene rings is 2. The fourth-order valence-electron chi connectivity index (χ4n) is 3.57. The fourth-order valence-corrected chi connectivity index (χ4v) is 6.67. The monoisotopic (exact) mass is 690 g/mol. The zero-order chi connectivity index (χ0) is 31.4. The Morgan fingerprint density at radius 2 is 1.30 bits per heavy atom. The third kappa shape index (κ3) is 7.31. The van der Waals surface area contributed by atoms with Gasteiger partial charge in [0.2, 0.25) is 24.4 Å². The molecule has 0 unspecified atom stereocenters. The molecule has 1 N–H and O–H groups in total. The van der Waals surface area contributed by atoms with E-state index in [4.69, 9.17) is 35.4 Å². The van der Waals surface area contributed by atoms with Crippen molar-refractivity contribution in [2.24, 2.45) is 4.99 Å². The van der Waals surface area contributed by atoms with Crippen LogP contribution in [0.1, 0.15) is 11.1 Å². The van der Waals surface area contributed by atoms with Crippen molar-refractivity contribution in [1.82, 2.24) is 24.7 Å². The Bertz CT molecular complexity index is 2130. The van der Waals surface area contributed by atoms with E-state index in [0.29, 0.717) is 37.6 Å². The Kier molecular flexibility index (Phi) is 10.0. The molecule has 0 aliphatic heterocycles. The summed E-state index contributed by atoms with van der Waals surface area (Å²) in [7, 11) is -7.27. The van der Waals surface area contributed by atoms with Gasteiger partial charge in [-0.1, -0.05) is 23.2 Å². The van der Waals surface area contributed by atoms with Crippen LogP contribution in [0.2, 0.25) is 10.0 Å². The number of hydrogen-bond acceptors (Lipinski definition) is 10. The Labute approximate surface area is 267 Å². The van der Waals surface area contributed by atoms with Crippen molar-refractivity contribution < 1.29 is 16.8 Å². The standard InChI is InChI=1S/C14H11ClN4O2S2.C13H9ClN2O2S2/c1-9-6-10(2-4-12(9)15)23(20,21)11-3-5-13(16-7-11)19-8-17-18-14(19)22;1-9-6-10(2-4-12(9)14)20(17,18)11-3-5-13(15-7-11)16-8-19/h2-8H,1H3,(H,18,22);2-7H,1H3. The molecule has 3 aromatic heterocycles. The largest absolute Gasteiger partial charge is 0.258 e. The lowest BCUT2D eigenvalue weighted by molar-refractivity contribution is 0.594. The molecule has 3 heterocycles. The molecule has 43 heavy (non-hydrogen) atoms. The summed E-state index contributed by atoms with van der Waals surface area (Å²) in [6, 6.07) is 15.1. The van der Waals surface area contributed by atoms with E-state index < -0.39 is 19.7 Å². The van der Waals surface area contributed by atoms with Crippen LogP contribution in [-0.2, 0) is 19.7 Å². The molecule has 0 saturated heterocycles. The van der Waals surface area contributed by atoms with Crippen molar-refractivity contribution >= 4 is 78.3 Å². The maximum absolute atomic E-state index is 12.6. The molecule has 16 heteroatoms. The van der Waals surface area contributed by atoms with Crippen LogP contribution in [0.4, 0.5) is 5.82 Å². The number of aliphatic imine (C=N–C) groups is 1. The van der Waals surface area contributed by atoms with Gasteiger partial charge in [0.05, 0.1) is 24.7 Å². The SMILES string of the molecule is Cc1cc(S(=O)(=O)c2ccc(-n3cn[nH]c3=S)nc2)ccc1Cl.Cc1cc(S(=O)(=O)c2ccc(N=C=S)nc2)ccc1Cl. The zero-order valence-corrected chi connectivity index (χ0v) is 27.0. The van der Waals surface area contributed by atoms with Gasteiger partial charge in [-0.05, 0) is 110 Å². The Hall–Kier alpha value is -3.62. The van der Waals surface area contributed by atoms with Crippen LogP contribution in [0.5, 0.6) is 0 Å². The molecule has 0 aliphatic carbocycles. The molecule has 0 aliphatic rings. The number of thiocarbonyl (C=S) groups is 1. The van der Waals surface area contributed by atoms with Gasteiger partial charge >= 0.3 is 0 Å². The molecule has 0 amide bonds. The van der Waals surface area contributed by atoms with Crippen LogP contribution in [0, 0.1) is 18.6 Å². The summed E-state index contributed by atoms with van der Waals surface area (Å²) in [6.07, 6.45) is 4.01. The summed E-state index contributed by atoms with van der Waals surface area (Å²) < 4.78 is 52.0. The minimum atomic E-state index is -3.65. The van der Waals surface area contributed by atoms with Crippen molar-refractivity contribution in [3.8, 4) is 5.82 Å². The molecule has 0 spiro atoms. The maximum Gasteiger partial charge on any atom is 0.208 e. The van der Waals surface area contributed by atoms with Gasteiger partial charge in [0, 0.05) is 22.4 Å². The summed E-state index contributed by atoms with van der Waals surface area (Å²) >= 11 is 21.3. The average Bonchev–Trinajstić information content (AvgIpc) is 3.42. The van der Waals surface area contributed by atoms with Gasteiger partial charge in [-0.2, -0.15) is 10.1 Å². The van der Waals surface area contributed by atoms with E-state index in [1.807, 2.05) is 0 Å². The number of hydrogen-bond donors (Lipinski definition) is 1. The lowest BCUT2D eigenvalue weighted by Gasteiger charge is -2.07. The lowest BCUT2D eigenvalue weighted by Crippen LogP contribution is -2.04. The van der Waals surface area contributed by atoms with Gasteiger partial charge in [0.25, 0.3) is 0 Å². The number of sulfone groups is 2. The van der Waals surface area contributed by atoms with Crippen LogP contribution in [0.15, 0.2) is 104 Å². The molecule has 0 fully saturated rings. The molecule has 5 aromatic rings. The number of H-pyrrole nitrogens is 1. The smallest absolute Gasteiger partial charge is 0.208 e. The van der Waals surface area contributed by atoms with Gasteiger partial charge in [-0.15, -0.1) is 0 Å². The van der Waals surface area contributed by atoms with Crippen LogP contribution >= 0.6 is 47.6 Å². The van der Waals surface area contributed by atoms with Gasteiger partial charge in [-0.3, -0.25) is 9.67 Å². The molecule has 0 radical (unpaired) electrons. The van der Waals surface area contributed by atoms with E-state index in [1.54, 1.807) is 32.0 Å². The number of isothiocyanates is 1. The number of nitrogens with zero attached hydrogens (tertiary/aromatic N) is 5. The number of aromatic amines is 1. The summed E-state index contributed by atoms with van der Waals surface area (Å²) in [5.41, 5.74) is 1.39. The lowest BCUT2D eigenvalue weighted by atomic mass is 10.2. The van der Waals surface area contributed by atoms with Crippen LogP contribution in [0.3, 0.4) is 0 Å². The highest BCUT2D eigenvalue weighted by Gasteiger charge is 2.20. The van der Waals surface area contributed by atoms with E-state index >= 15 is 0 Å². The van der Waals surface area contributed by atoms with Gasteiger partial charge < -0.3 is 0 Å². The minimum absolute atomic E-state index is 0.0857. The number of nitrogens with one attached hydrogen (secondary N) is 1. The number of aromatic nitrogens is 5. The highest BCUT2D eigenvalue weighted by Crippen LogP contribution is 2.26. The first kappa shape index (κ1) is 32.3. The minimum Gasteiger partial charge on any atom is -0.258 e. The van der Waals surface area contributed by atoms with Crippen molar-refractivity contribution in [3.05, 3.63) is 105 Å². The number of pyridine rings is 2. The first-order valence-electron chi connectivity index (χ1n) is 12.0. The summed E-state index contributed by atoms with van der Waals surface area (Å²) in [4.78, 5) is 12.2. The molecule has 5 rings (SSSR count). The molecule has 2 aromatic carbocycles. The molecule has 220 valence electrons. The topological polar surface area (TPSA) is 140 Å². The number of rotatable bonds is 6. The average molecular weight is 692 g/mol. The van der Waals surface area contributed by atoms with Gasteiger partial charge in [0.1, 0.15) is 12.1 Å². The molecule has 10 nitrogen and oxygen atoms in total. The van der Waals surface area contributed by atoms with Crippen LogP contribution < -0.4 is 0 Å². The fraction of sp³-hybridized carbons (Fsp3) is 0.0741. The maximum atomic E-state index is 12.6. The first-order chi connectivity index (χ1) is 20.3. The molecule has 0 saturated carbocycles. The third-order valence-electron chi connectivity index (χ3n) is 5.90. The second-order valence-corrected chi connectivity index (χ2v) is 14.1. The zero-order valence-electron chi connectivity index (χ0n) is 22.3. The Balaban J connectivity index is 0.000000199. The van der Waals surface area contributed by atoms with E-state index in [2.05, 4.69) is 42.5 Å². The highest BCUT2D eigenvalue weighted by molar-refractivity contribution is 7.91. The second kappa shape index (κ2) is 13.3. The van der Waals surface area contributed by atoms with Crippen molar-refractivity contribution in [1.29, 1.82) is 0 Å². The van der Waals surface area contributed by atoms with Crippen LogP contribution in [-0.4, -0.2) is 46.7 Å². The van der Waals surface area contributed by atoms with Gasteiger partial charge in [-0.25, -0.2) is 26.8 Å². The summed E-state index contributed by atoms with van der Waals surface area (Å²) in [6.45, 7) is 3.50. The molecule has 0 atom stereocenters. The van der Waals surface area contributed by atoms with E-state index in [9.17, 15) is 16.8 Å². The Morgan fingerprint density at radius 3 is 1.70 bits per heavy atom. The van der Waals surface area contributed by atoms with Crippen molar-refractivity contribution in [3.63, 3.8) is 0 Å². The first-order valence-corrected chi connectivity index (χ1v) is 16.5. The van der Waals surface area contributed by atoms with Crippen molar-refractivity contribution in [2.75, 3.05) is 0 Å². The summed E-state index contributed by atoms with van der Waals surface area (Å²) in [5.74, 6) is 0.793.